The summed E-state index contributed by atoms with van der Waals surface area (Å²) in [6.45, 7) is 3.75. The van der Waals surface area contributed by atoms with Gasteiger partial charge in [0.1, 0.15) is 48.6 Å². The number of aromatic amines is 1. The van der Waals surface area contributed by atoms with Gasteiger partial charge in [-0.2, -0.15) is 0 Å². The number of carbonyl (C=O) groups excluding carboxylic acids is 5. The fraction of sp³-hybridized carbons (Fsp3) is 0.700. The fourth-order valence-electron chi connectivity index (χ4n) is 5.11. The van der Waals surface area contributed by atoms with E-state index in [-0.39, 0.29) is 31.3 Å². The van der Waals surface area contributed by atoms with E-state index in [9.17, 15) is 49.5 Å². The highest BCUT2D eigenvalue weighted by molar-refractivity contribution is 5.95. The molecule has 1 saturated heterocycles. The number of rotatable bonds is 21. The number of aliphatic hydroxyl groups is 5. The van der Waals surface area contributed by atoms with Gasteiger partial charge in [0.05, 0.1) is 25.8 Å². The van der Waals surface area contributed by atoms with Crippen molar-refractivity contribution in [1.29, 1.82) is 0 Å². The number of carbonyl (C=O) groups is 5. The molecule has 282 valence electrons. The zero-order valence-electron chi connectivity index (χ0n) is 28.5. The number of oxime groups is 1. The van der Waals surface area contributed by atoms with Crippen molar-refractivity contribution in [3.8, 4) is 0 Å². The Morgan fingerprint density at radius 2 is 1.72 bits per heavy atom. The minimum Gasteiger partial charge on any atom is -0.394 e. The molecular weight excluding hydrogens is 664 g/mol. The Kier molecular flexibility index (Phi) is 17.7. The molecule has 20 heteroatoms. The summed E-state index contributed by atoms with van der Waals surface area (Å²) in [6.07, 6.45) is -2.12. The SMILES string of the molecule is COCC(O)C(O)C(O)C(O)C=NOCNC(=O)C(CO)NC(=O)C(Cc1cnc[nH]1)NC(=O)C(CC(C)C)NC(=O)C1CCCN1C(C)=O. The second kappa shape index (κ2) is 21.1. The average molecular weight is 715 g/mol. The number of H-pyrrole nitrogens is 1. The molecule has 2 rings (SSSR count). The molecule has 0 saturated carbocycles. The lowest BCUT2D eigenvalue weighted by Crippen LogP contribution is -2.59. The van der Waals surface area contributed by atoms with E-state index in [1.54, 1.807) is 0 Å². The molecule has 0 spiro atoms. The lowest BCUT2D eigenvalue weighted by atomic mass is 10.0. The van der Waals surface area contributed by atoms with Crippen LogP contribution in [0.25, 0.3) is 0 Å². The highest BCUT2D eigenvalue weighted by Gasteiger charge is 2.36. The number of likely N-dealkylation sites (tertiary alicyclic amines) is 1. The van der Waals surface area contributed by atoms with Crippen LogP contribution in [0, 0.1) is 5.92 Å². The van der Waals surface area contributed by atoms with Crippen LogP contribution in [-0.4, -0.2) is 158 Å². The van der Waals surface area contributed by atoms with Crippen LogP contribution < -0.4 is 21.3 Å². The van der Waals surface area contributed by atoms with Gasteiger partial charge in [0.2, 0.25) is 29.5 Å². The molecule has 50 heavy (non-hydrogen) atoms. The second-order valence-corrected chi connectivity index (χ2v) is 12.2. The summed E-state index contributed by atoms with van der Waals surface area (Å²) >= 11 is 0. The Morgan fingerprint density at radius 1 is 1.04 bits per heavy atom. The van der Waals surface area contributed by atoms with Crippen LogP contribution in [0.15, 0.2) is 17.7 Å². The molecule has 0 aromatic carbocycles. The maximum atomic E-state index is 13.5. The number of hydrogen-bond donors (Lipinski definition) is 10. The number of aromatic nitrogens is 2. The van der Waals surface area contributed by atoms with E-state index in [1.165, 1.54) is 31.5 Å². The van der Waals surface area contributed by atoms with Gasteiger partial charge in [-0.05, 0) is 25.2 Å². The highest BCUT2D eigenvalue weighted by Crippen LogP contribution is 2.18. The van der Waals surface area contributed by atoms with Crippen LogP contribution in [0.1, 0.15) is 45.7 Å². The topological polar surface area (TPSA) is 297 Å². The van der Waals surface area contributed by atoms with Crippen molar-refractivity contribution in [2.45, 2.75) is 95.0 Å². The molecule has 10 N–H and O–H groups in total. The minimum atomic E-state index is -1.84. The Balaban J connectivity index is 2.04. The second-order valence-electron chi connectivity index (χ2n) is 12.2. The van der Waals surface area contributed by atoms with Crippen molar-refractivity contribution in [2.24, 2.45) is 11.1 Å². The van der Waals surface area contributed by atoms with Gasteiger partial charge in [0.15, 0.2) is 6.73 Å². The van der Waals surface area contributed by atoms with Crippen molar-refractivity contribution < 1.29 is 59.1 Å². The summed E-state index contributed by atoms with van der Waals surface area (Å²) in [7, 11) is 1.27. The van der Waals surface area contributed by atoms with Crippen molar-refractivity contribution in [3.63, 3.8) is 0 Å². The summed E-state index contributed by atoms with van der Waals surface area (Å²) in [6, 6.07) is -4.57. The van der Waals surface area contributed by atoms with Crippen LogP contribution in [-0.2, 0) is 40.0 Å². The molecule has 20 nitrogen and oxygen atoms in total. The van der Waals surface area contributed by atoms with E-state index in [0.717, 1.165) is 0 Å². The molecule has 8 atom stereocenters. The van der Waals surface area contributed by atoms with Crippen molar-refractivity contribution >= 4 is 35.8 Å². The molecular formula is C30H50N8O12. The zero-order chi connectivity index (χ0) is 37.4. The Hall–Kier alpha value is -4.21. The van der Waals surface area contributed by atoms with E-state index in [1.807, 2.05) is 13.8 Å². The minimum absolute atomic E-state index is 0.0406. The predicted molar refractivity (Wildman–Crippen MR) is 174 cm³/mol. The van der Waals surface area contributed by atoms with E-state index < -0.39 is 85.5 Å². The highest BCUT2D eigenvalue weighted by atomic mass is 16.6. The van der Waals surface area contributed by atoms with Gasteiger partial charge >= 0.3 is 0 Å². The summed E-state index contributed by atoms with van der Waals surface area (Å²) < 4.78 is 4.66. The molecule has 1 aromatic rings. The van der Waals surface area contributed by atoms with Gasteiger partial charge in [-0.3, -0.25) is 24.0 Å². The first-order valence-corrected chi connectivity index (χ1v) is 16.1. The van der Waals surface area contributed by atoms with Gasteiger partial charge in [-0.1, -0.05) is 19.0 Å². The van der Waals surface area contributed by atoms with Crippen LogP contribution in [0.3, 0.4) is 0 Å². The van der Waals surface area contributed by atoms with Gasteiger partial charge in [0.25, 0.3) is 0 Å². The first-order chi connectivity index (χ1) is 23.7. The van der Waals surface area contributed by atoms with Crippen LogP contribution in [0.2, 0.25) is 0 Å². The first kappa shape index (κ1) is 42.0. The maximum absolute atomic E-state index is 13.5. The Bertz CT molecular complexity index is 1270. The van der Waals surface area contributed by atoms with Gasteiger partial charge in [-0.25, -0.2) is 4.98 Å². The summed E-state index contributed by atoms with van der Waals surface area (Å²) in [4.78, 5) is 77.8. The lowest BCUT2D eigenvalue weighted by molar-refractivity contribution is -0.138. The summed E-state index contributed by atoms with van der Waals surface area (Å²) in [5, 5.41) is 62.5. The van der Waals surface area contributed by atoms with Crippen molar-refractivity contribution in [1.82, 2.24) is 36.1 Å². The van der Waals surface area contributed by atoms with Gasteiger partial charge in [0, 0.05) is 38.9 Å². The smallest absolute Gasteiger partial charge is 0.247 e. The van der Waals surface area contributed by atoms with Crippen LogP contribution in [0.4, 0.5) is 0 Å². The molecule has 1 fully saturated rings. The largest absolute Gasteiger partial charge is 0.394 e. The third-order valence-electron chi connectivity index (χ3n) is 7.76. The maximum Gasteiger partial charge on any atom is 0.247 e. The van der Waals surface area contributed by atoms with E-state index in [0.29, 0.717) is 31.3 Å². The van der Waals surface area contributed by atoms with E-state index in [4.69, 9.17) is 4.84 Å². The molecule has 1 aliphatic heterocycles. The average Bonchev–Trinajstić information content (AvgIpc) is 3.78. The first-order valence-electron chi connectivity index (χ1n) is 16.1. The quantitative estimate of drug-likeness (QED) is 0.0250. The predicted octanol–water partition coefficient (Wildman–Crippen LogP) is -4.38. The molecule has 2 heterocycles. The van der Waals surface area contributed by atoms with Crippen LogP contribution in [0.5, 0.6) is 0 Å². The van der Waals surface area contributed by atoms with Crippen molar-refractivity contribution in [2.75, 3.05) is 33.6 Å². The zero-order valence-corrected chi connectivity index (χ0v) is 28.5. The Morgan fingerprint density at radius 3 is 2.32 bits per heavy atom. The van der Waals surface area contributed by atoms with Crippen molar-refractivity contribution in [3.05, 3.63) is 18.2 Å². The molecule has 8 unspecified atom stereocenters. The van der Waals surface area contributed by atoms with E-state index >= 15 is 0 Å². The summed E-state index contributed by atoms with van der Waals surface area (Å²) in [5.74, 6) is -3.21. The van der Waals surface area contributed by atoms with E-state index in [2.05, 4.69) is 41.1 Å². The number of hydrogen-bond acceptors (Lipinski definition) is 14. The molecule has 1 aromatic heterocycles. The summed E-state index contributed by atoms with van der Waals surface area (Å²) in [5.41, 5.74) is 0.460. The Labute approximate surface area is 289 Å². The monoisotopic (exact) mass is 714 g/mol. The molecule has 0 radical (unpaired) electrons. The lowest BCUT2D eigenvalue weighted by Gasteiger charge is -2.28. The standard InChI is InChI=1S/C30H50N8O12/c1-16(2)8-19(36-30(48)22-6-5-7-38(22)17(3)40)28(46)35-20(9-18-10-31-14-32-18)29(47)37-21(12-39)27(45)33-15-50-34-11-23(41)25(43)26(44)24(42)13-49-4/h10-11,14,16,19-26,39,41-44H,5-9,12-13,15H2,1-4H3,(H,31,32)(H,33,45)(H,35,46)(H,36,48)(H,37,47). The van der Waals surface area contributed by atoms with Crippen LogP contribution >= 0.6 is 0 Å². The number of amides is 5. The molecule has 0 bridgehead atoms. The number of ether oxygens (including phenoxy) is 1. The number of methoxy groups -OCH3 is 1. The number of nitrogens with zero attached hydrogens (tertiary/aromatic N) is 3. The molecule has 0 aliphatic carbocycles. The molecule has 5 amide bonds. The van der Waals surface area contributed by atoms with Gasteiger partial charge in [-0.15, -0.1) is 0 Å². The number of nitrogens with one attached hydrogen (secondary N) is 5. The van der Waals surface area contributed by atoms with Gasteiger partial charge < -0.3 is 66.3 Å². The third kappa shape index (κ3) is 13.2. The third-order valence-corrected chi connectivity index (χ3v) is 7.76. The normalized spacial score (nSPS) is 18.8. The molecule has 1 aliphatic rings. The number of imidazole rings is 1. The fourth-order valence-corrected chi connectivity index (χ4v) is 5.11. The number of aliphatic hydroxyl groups excluding tert-OH is 5.